The molecule has 0 radical (unpaired) electrons. The van der Waals surface area contributed by atoms with E-state index in [0.29, 0.717) is 11.3 Å². The number of halogens is 1. The fourth-order valence-electron chi connectivity index (χ4n) is 1.03. The zero-order valence-electron chi connectivity index (χ0n) is 6.71. The van der Waals surface area contributed by atoms with E-state index in [1.807, 2.05) is 0 Å². The molecule has 5 N–H and O–H groups in total. The van der Waals surface area contributed by atoms with Gasteiger partial charge in [0.15, 0.2) is 0 Å². The van der Waals surface area contributed by atoms with Crippen molar-refractivity contribution in [2.75, 3.05) is 5.73 Å². The van der Waals surface area contributed by atoms with Crippen LogP contribution >= 0.6 is 15.9 Å². The van der Waals surface area contributed by atoms with Crippen molar-refractivity contribution < 1.29 is 5.11 Å². The van der Waals surface area contributed by atoms with Crippen molar-refractivity contribution in [2.45, 2.75) is 13.0 Å². The molecule has 0 aliphatic heterocycles. The van der Waals surface area contributed by atoms with Gasteiger partial charge in [-0.3, -0.25) is 0 Å². The summed E-state index contributed by atoms with van der Waals surface area (Å²) in [6.45, 7) is 1.79. The van der Waals surface area contributed by atoms with Crippen LogP contribution in [0.4, 0.5) is 5.69 Å². The molecule has 3 nitrogen and oxygen atoms in total. The Hall–Kier alpha value is -0.740. The topological polar surface area (TPSA) is 72.3 Å². The van der Waals surface area contributed by atoms with Crippen LogP contribution in [0.3, 0.4) is 0 Å². The highest BCUT2D eigenvalue weighted by atomic mass is 79.9. The zero-order valence-corrected chi connectivity index (χ0v) is 8.30. The zero-order chi connectivity index (χ0) is 9.30. The van der Waals surface area contributed by atoms with E-state index in [0.717, 1.165) is 4.47 Å². The first kappa shape index (κ1) is 9.35. The van der Waals surface area contributed by atoms with Crippen LogP contribution in [0.2, 0.25) is 0 Å². The van der Waals surface area contributed by atoms with Gasteiger partial charge in [0.25, 0.3) is 0 Å². The Labute approximate surface area is 79.5 Å². The largest absolute Gasteiger partial charge is 0.505 e. The minimum Gasteiger partial charge on any atom is -0.505 e. The molecule has 0 amide bonds. The second kappa shape index (κ2) is 3.33. The molecule has 0 saturated carbocycles. The van der Waals surface area contributed by atoms with E-state index in [9.17, 15) is 5.11 Å². The molecule has 1 rings (SSSR count). The molecule has 0 spiro atoms. The predicted octanol–water partition coefficient (Wildman–Crippen LogP) is 1.76. The van der Waals surface area contributed by atoms with Crippen LogP contribution in [0, 0.1) is 0 Å². The van der Waals surface area contributed by atoms with Crippen molar-refractivity contribution >= 4 is 21.6 Å². The Morgan fingerprint density at radius 3 is 2.50 bits per heavy atom. The van der Waals surface area contributed by atoms with E-state index in [1.54, 1.807) is 19.1 Å². The van der Waals surface area contributed by atoms with Crippen LogP contribution in [0.5, 0.6) is 5.75 Å². The highest BCUT2D eigenvalue weighted by molar-refractivity contribution is 9.10. The van der Waals surface area contributed by atoms with Crippen molar-refractivity contribution in [3.63, 3.8) is 0 Å². The Morgan fingerprint density at radius 1 is 1.50 bits per heavy atom. The van der Waals surface area contributed by atoms with Crippen LogP contribution in [-0.4, -0.2) is 5.11 Å². The summed E-state index contributed by atoms with van der Waals surface area (Å²) in [7, 11) is 0. The van der Waals surface area contributed by atoms with Crippen LogP contribution in [0.15, 0.2) is 16.6 Å². The van der Waals surface area contributed by atoms with Crippen LogP contribution < -0.4 is 11.5 Å². The standard InChI is InChI=1S/C8H11BrN2O/c1-4(10)7-5(9)2-3-6(11)8(7)12/h2-4,12H,10-11H2,1H3/t4-/m0/s1. The van der Waals surface area contributed by atoms with Gasteiger partial charge in [-0.05, 0) is 19.1 Å². The third-order valence-electron chi connectivity index (χ3n) is 1.65. The highest BCUT2D eigenvalue weighted by Gasteiger charge is 2.12. The summed E-state index contributed by atoms with van der Waals surface area (Å²) in [5, 5.41) is 9.51. The number of nitrogens with two attached hydrogens (primary N) is 2. The van der Waals surface area contributed by atoms with Gasteiger partial charge in [-0.15, -0.1) is 0 Å². The van der Waals surface area contributed by atoms with Gasteiger partial charge in [-0.1, -0.05) is 15.9 Å². The molecule has 1 aromatic carbocycles. The Morgan fingerprint density at radius 2 is 2.08 bits per heavy atom. The Bertz CT molecular complexity index is 299. The van der Waals surface area contributed by atoms with E-state index >= 15 is 0 Å². The number of phenols is 1. The highest BCUT2D eigenvalue weighted by Crippen LogP contribution is 2.34. The molecule has 0 unspecified atom stereocenters. The van der Waals surface area contributed by atoms with Gasteiger partial charge in [0.1, 0.15) is 5.75 Å². The normalized spacial score (nSPS) is 12.9. The number of rotatable bonds is 1. The van der Waals surface area contributed by atoms with Gasteiger partial charge >= 0.3 is 0 Å². The quantitative estimate of drug-likeness (QED) is 0.509. The van der Waals surface area contributed by atoms with Crippen LogP contribution in [-0.2, 0) is 0 Å². The molecular weight excluding hydrogens is 220 g/mol. The lowest BCUT2D eigenvalue weighted by Crippen LogP contribution is -2.07. The van der Waals surface area contributed by atoms with Gasteiger partial charge in [0, 0.05) is 16.1 Å². The maximum atomic E-state index is 9.51. The molecule has 0 heterocycles. The second-order valence-corrected chi connectivity index (χ2v) is 3.54. The number of nitrogen functional groups attached to an aromatic ring is 1. The summed E-state index contributed by atoms with van der Waals surface area (Å²) in [5.41, 5.74) is 12.1. The summed E-state index contributed by atoms with van der Waals surface area (Å²) >= 11 is 3.29. The summed E-state index contributed by atoms with van der Waals surface area (Å²) in [4.78, 5) is 0. The molecule has 66 valence electrons. The van der Waals surface area contributed by atoms with Crippen molar-refractivity contribution in [1.29, 1.82) is 0 Å². The van der Waals surface area contributed by atoms with Gasteiger partial charge in [-0.2, -0.15) is 0 Å². The average molecular weight is 231 g/mol. The average Bonchev–Trinajstić information content (AvgIpc) is 1.97. The molecule has 0 aromatic heterocycles. The Balaban J connectivity index is 3.33. The summed E-state index contributed by atoms with van der Waals surface area (Å²) in [6, 6.07) is 3.17. The number of benzene rings is 1. The van der Waals surface area contributed by atoms with Crippen molar-refractivity contribution in [1.82, 2.24) is 0 Å². The van der Waals surface area contributed by atoms with Crippen molar-refractivity contribution in [2.24, 2.45) is 5.73 Å². The lowest BCUT2D eigenvalue weighted by Gasteiger charge is -2.12. The summed E-state index contributed by atoms with van der Waals surface area (Å²) in [5.74, 6) is 0.0689. The lowest BCUT2D eigenvalue weighted by atomic mass is 10.1. The molecule has 0 fully saturated rings. The van der Waals surface area contributed by atoms with E-state index < -0.39 is 0 Å². The SMILES string of the molecule is C[C@H](N)c1c(Br)ccc(N)c1O. The number of anilines is 1. The van der Waals surface area contributed by atoms with Crippen LogP contribution in [0.1, 0.15) is 18.5 Å². The smallest absolute Gasteiger partial charge is 0.144 e. The molecule has 1 atom stereocenters. The summed E-state index contributed by atoms with van der Waals surface area (Å²) in [6.07, 6.45) is 0. The van der Waals surface area contributed by atoms with Crippen LogP contribution in [0.25, 0.3) is 0 Å². The van der Waals surface area contributed by atoms with E-state index in [1.165, 1.54) is 0 Å². The fourth-order valence-corrected chi connectivity index (χ4v) is 1.71. The third kappa shape index (κ3) is 1.54. The molecular formula is C8H11BrN2O. The molecule has 4 heteroatoms. The maximum absolute atomic E-state index is 9.51. The third-order valence-corrected chi connectivity index (χ3v) is 2.34. The van der Waals surface area contributed by atoms with E-state index in [-0.39, 0.29) is 11.8 Å². The summed E-state index contributed by atoms with van der Waals surface area (Å²) < 4.78 is 0.782. The van der Waals surface area contributed by atoms with E-state index in [4.69, 9.17) is 11.5 Å². The lowest BCUT2D eigenvalue weighted by molar-refractivity contribution is 0.466. The van der Waals surface area contributed by atoms with Crippen molar-refractivity contribution in [3.8, 4) is 5.75 Å². The monoisotopic (exact) mass is 230 g/mol. The molecule has 0 bridgehead atoms. The fraction of sp³-hybridized carbons (Fsp3) is 0.250. The predicted molar refractivity (Wildman–Crippen MR) is 52.8 cm³/mol. The number of aromatic hydroxyl groups is 1. The first-order valence-corrected chi connectivity index (χ1v) is 4.35. The van der Waals surface area contributed by atoms with Gasteiger partial charge in [-0.25, -0.2) is 0 Å². The second-order valence-electron chi connectivity index (χ2n) is 2.69. The molecule has 1 aromatic rings. The number of hydrogen-bond donors (Lipinski definition) is 3. The maximum Gasteiger partial charge on any atom is 0.144 e. The number of hydrogen-bond acceptors (Lipinski definition) is 3. The molecule has 0 aliphatic rings. The van der Waals surface area contributed by atoms with Crippen molar-refractivity contribution in [3.05, 3.63) is 22.2 Å². The van der Waals surface area contributed by atoms with Gasteiger partial charge < -0.3 is 16.6 Å². The van der Waals surface area contributed by atoms with Gasteiger partial charge in [0.05, 0.1) is 5.69 Å². The molecule has 12 heavy (non-hydrogen) atoms. The first-order valence-electron chi connectivity index (χ1n) is 3.56. The number of phenolic OH excluding ortho intramolecular Hbond substituents is 1. The minimum atomic E-state index is -0.233. The van der Waals surface area contributed by atoms with Gasteiger partial charge in [0.2, 0.25) is 0 Å². The van der Waals surface area contributed by atoms with E-state index in [2.05, 4.69) is 15.9 Å². The minimum absolute atomic E-state index is 0.0689. The molecule has 0 aliphatic carbocycles. The first-order chi connectivity index (χ1) is 5.54. The molecule has 0 saturated heterocycles. The Kier molecular flexibility index (Phi) is 2.59.